The number of amides is 2. The van der Waals surface area contributed by atoms with Crippen molar-refractivity contribution >= 4 is 64.0 Å². The number of carbonyl (C=O) groups excluding carboxylic acids is 4. The minimum absolute atomic E-state index is 0.105. The van der Waals surface area contributed by atoms with Gasteiger partial charge in [0.1, 0.15) is 11.5 Å². The van der Waals surface area contributed by atoms with Gasteiger partial charge < -0.3 is 34.2 Å². The van der Waals surface area contributed by atoms with Crippen molar-refractivity contribution in [3.63, 3.8) is 0 Å². The van der Waals surface area contributed by atoms with E-state index in [9.17, 15) is 28.3 Å². The molecule has 12 nitrogen and oxygen atoms in total. The molecule has 0 aliphatic carbocycles. The van der Waals surface area contributed by atoms with E-state index in [0.29, 0.717) is 82.5 Å². The molecular weight excluding hydrogens is 837 g/mol. The Morgan fingerprint density at radius 1 is 0.619 bits per heavy atom. The Kier molecular flexibility index (Phi) is 15.4. The predicted molar refractivity (Wildman–Crippen MR) is 247 cm³/mol. The molecule has 0 bridgehead atoms. The van der Waals surface area contributed by atoms with Crippen molar-refractivity contribution in [2.75, 3.05) is 25.7 Å². The Morgan fingerprint density at radius 3 is 1.73 bits per heavy atom. The molecule has 14 heteroatoms. The van der Waals surface area contributed by atoms with Gasteiger partial charge in [0, 0.05) is 59.6 Å². The van der Waals surface area contributed by atoms with Gasteiger partial charge in [-0.05, 0) is 153 Å². The third-order valence-electron chi connectivity index (χ3n) is 11.7. The van der Waals surface area contributed by atoms with Crippen LogP contribution in [0.25, 0.3) is 12.2 Å². The second kappa shape index (κ2) is 20.7. The van der Waals surface area contributed by atoms with Gasteiger partial charge in [0.25, 0.3) is 11.8 Å². The second-order valence-electron chi connectivity index (χ2n) is 15.8. The number of nitrogens with one attached hydrogen (secondary N) is 3. The van der Waals surface area contributed by atoms with E-state index in [-0.39, 0.29) is 36.6 Å². The molecule has 3 N–H and O–H groups in total. The zero-order valence-corrected chi connectivity index (χ0v) is 38.7. The molecule has 0 radical (unpaired) electrons. The summed E-state index contributed by atoms with van der Waals surface area (Å²) in [5.41, 5.74) is 11.9. The standard InChI is InChI=1S/C49H54N4O8S2/c1-28-9-13-34(14-10-28)62(58)23-21-38-33(6)48(56)53-45(38)26-41-31(4)37(18-20-47(55)61-8)44(51-41)27-43-36(17-19-46(54)60-7)30(3)40(50-43)25-42-32(5)39(49(57)52-42)22-24-63(59)35-15-11-29(2)12-16-35/h9-16,25-27,50H,17-24H2,1-8H3,(H,52,57)(H,53,56)/b42-25-,44-27-,45-26-. The van der Waals surface area contributed by atoms with Gasteiger partial charge in [0.2, 0.25) is 0 Å². The quantitative estimate of drug-likeness (QED) is 0.0913. The topological polar surface area (TPSA) is 185 Å². The van der Waals surface area contributed by atoms with Crippen LogP contribution in [0.15, 0.2) is 120 Å². The van der Waals surface area contributed by atoms with E-state index < -0.39 is 22.4 Å². The Balaban J connectivity index is 1.34. The Bertz CT molecular complexity index is 2540. The SMILES string of the molecule is COC(=O)CCC1=C(C)C(/C=C2\NC(=O)C(C)=C2CC[S+]([O-])c2ccc(C)cc2)=NC/1=C\c1[nH]c(/C=C2\NC(=O)C(CC[S+]([O-])c3ccc(C)cc3)=C2C)c(C)c1CCC(=O)OC. The van der Waals surface area contributed by atoms with Crippen molar-refractivity contribution in [2.45, 2.75) is 89.9 Å². The lowest BCUT2D eigenvalue weighted by Crippen LogP contribution is -2.18. The van der Waals surface area contributed by atoms with Crippen LogP contribution in [0.3, 0.4) is 0 Å². The van der Waals surface area contributed by atoms with E-state index in [1.54, 1.807) is 6.92 Å². The highest BCUT2D eigenvalue weighted by atomic mass is 32.2. The third-order valence-corrected chi connectivity index (χ3v) is 14.4. The smallest absolute Gasteiger partial charge is 0.305 e. The third kappa shape index (κ3) is 11.1. The first-order valence-corrected chi connectivity index (χ1v) is 23.4. The number of aryl methyl sites for hydroxylation is 2. The zero-order chi connectivity index (χ0) is 45.5. The van der Waals surface area contributed by atoms with E-state index in [2.05, 4.69) is 15.6 Å². The highest BCUT2D eigenvalue weighted by Crippen LogP contribution is 2.36. The number of H-pyrrole nitrogens is 1. The molecule has 3 aliphatic heterocycles. The number of nitrogens with zero attached hydrogens (tertiary/aromatic N) is 1. The molecule has 2 amide bonds. The maximum Gasteiger partial charge on any atom is 0.305 e. The predicted octanol–water partition coefficient (Wildman–Crippen LogP) is 7.62. The maximum atomic E-state index is 13.2. The number of rotatable bonds is 17. The maximum absolute atomic E-state index is 13.2. The number of methoxy groups -OCH3 is 2. The van der Waals surface area contributed by atoms with E-state index in [1.165, 1.54) is 14.2 Å². The first kappa shape index (κ1) is 46.8. The summed E-state index contributed by atoms with van der Waals surface area (Å²) in [6, 6.07) is 15.1. The summed E-state index contributed by atoms with van der Waals surface area (Å²) in [5, 5.41) is 5.97. The van der Waals surface area contributed by atoms with Crippen molar-refractivity contribution in [3.05, 3.63) is 139 Å². The Labute approximate surface area is 375 Å². The van der Waals surface area contributed by atoms with Crippen LogP contribution in [0.1, 0.15) is 86.5 Å². The summed E-state index contributed by atoms with van der Waals surface area (Å²) in [6.07, 6.45) is 7.22. The van der Waals surface area contributed by atoms with E-state index in [4.69, 9.17) is 14.5 Å². The first-order valence-electron chi connectivity index (χ1n) is 20.8. The van der Waals surface area contributed by atoms with Gasteiger partial charge in [-0.3, -0.25) is 19.2 Å². The van der Waals surface area contributed by atoms with E-state index >= 15 is 0 Å². The number of ether oxygens (including phenoxy) is 2. The number of hydrogen-bond acceptors (Lipinski definition) is 9. The fraction of sp³-hybridized carbons (Fsp3) is 0.327. The number of esters is 2. The molecule has 330 valence electrons. The summed E-state index contributed by atoms with van der Waals surface area (Å²) in [7, 11) is 2.69. The van der Waals surface area contributed by atoms with Crippen LogP contribution in [0, 0.1) is 20.8 Å². The molecule has 6 rings (SSSR count). The largest absolute Gasteiger partial charge is 0.611 e. The number of aliphatic imine (C=N–C) groups is 1. The molecule has 2 aromatic carbocycles. The van der Waals surface area contributed by atoms with Crippen molar-refractivity contribution in [3.8, 4) is 0 Å². The fourth-order valence-electron chi connectivity index (χ4n) is 7.70. The minimum Gasteiger partial charge on any atom is -0.611 e. The average molecular weight is 891 g/mol. The number of hydrogen-bond donors (Lipinski definition) is 3. The summed E-state index contributed by atoms with van der Waals surface area (Å²) in [6.45, 7) is 11.4. The highest BCUT2D eigenvalue weighted by Gasteiger charge is 2.30. The molecule has 2 unspecified atom stereocenters. The lowest BCUT2D eigenvalue weighted by Gasteiger charge is -2.12. The van der Waals surface area contributed by atoms with Gasteiger partial charge in [-0.25, -0.2) is 4.99 Å². The van der Waals surface area contributed by atoms with Gasteiger partial charge in [-0.1, -0.05) is 35.4 Å². The van der Waals surface area contributed by atoms with E-state index in [0.717, 1.165) is 54.3 Å². The van der Waals surface area contributed by atoms with Crippen molar-refractivity contribution in [1.29, 1.82) is 0 Å². The van der Waals surface area contributed by atoms with Gasteiger partial charge >= 0.3 is 11.9 Å². The van der Waals surface area contributed by atoms with Crippen molar-refractivity contribution in [1.82, 2.24) is 15.6 Å². The Morgan fingerprint density at radius 2 is 1.16 bits per heavy atom. The normalized spacial score (nSPS) is 18.2. The molecule has 0 fully saturated rings. The van der Waals surface area contributed by atoms with Crippen molar-refractivity contribution < 1.29 is 37.8 Å². The molecule has 0 saturated heterocycles. The minimum atomic E-state index is -1.27. The molecule has 3 aliphatic rings. The molecule has 2 atom stereocenters. The molecule has 0 saturated carbocycles. The number of aromatic nitrogens is 1. The van der Waals surface area contributed by atoms with Crippen LogP contribution >= 0.6 is 0 Å². The van der Waals surface area contributed by atoms with Gasteiger partial charge in [-0.2, -0.15) is 0 Å². The summed E-state index contributed by atoms with van der Waals surface area (Å²) in [4.78, 5) is 61.1. The number of benzene rings is 2. The number of carbonyl (C=O) groups is 4. The van der Waals surface area contributed by atoms with E-state index in [1.807, 2.05) is 101 Å². The fourth-order valence-corrected chi connectivity index (χ4v) is 9.83. The Hall–Kier alpha value is -5.67. The van der Waals surface area contributed by atoms with Crippen LogP contribution < -0.4 is 10.6 Å². The summed E-state index contributed by atoms with van der Waals surface area (Å²) < 4.78 is 36.3. The molecule has 63 heavy (non-hydrogen) atoms. The summed E-state index contributed by atoms with van der Waals surface area (Å²) in [5.74, 6) is -0.583. The summed E-state index contributed by atoms with van der Waals surface area (Å²) >= 11 is -2.54. The molecule has 3 aromatic rings. The monoisotopic (exact) mass is 890 g/mol. The number of allylic oxidation sites excluding steroid dienone is 5. The zero-order valence-electron chi connectivity index (χ0n) is 37.0. The molecular formula is C49H54N4O8S2. The van der Waals surface area contributed by atoms with Crippen LogP contribution in [-0.2, 0) is 57.4 Å². The molecule has 0 spiro atoms. The molecule has 4 heterocycles. The number of aromatic amines is 1. The van der Waals surface area contributed by atoms with Gasteiger partial charge in [-0.15, -0.1) is 0 Å². The van der Waals surface area contributed by atoms with Crippen LogP contribution in [-0.4, -0.2) is 69.3 Å². The van der Waals surface area contributed by atoms with Crippen LogP contribution in [0.5, 0.6) is 0 Å². The lowest BCUT2D eigenvalue weighted by molar-refractivity contribution is -0.141. The second-order valence-corrected chi connectivity index (χ2v) is 18.9. The van der Waals surface area contributed by atoms with Crippen LogP contribution in [0.2, 0.25) is 0 Å². The molecule has 1 aromatic heterocycles. The van der Waals surface area contributed by atoms with Crippen LogP contribution in [0.4, 0.5) is 0 Å². The highest BCUT2D eigenvalue weighted by molar-refractivity contribution is 7.91. The lowest BCUT2D eigenvalue weighted by atomic mass is 9.98. The van der Waals surface area contributed by atoms with Crippen molar-refractivity contribution in [2.24, 2.45) is 4.99 Å². The first-order chi connectivity index (χ1) is 30.1. The van der Waals surface area contributed by atoms with Gasteiger partial charge in [0.15, 0.2) is 9.79 Å². The average Bonchev–Trinajstić information content (AvgIpc) is 3.91. The van der Waals surface area contributed by atoms with Gasteiger partial charge in [0.05, 0.1) is 25.6 Å².